The number of hydrogen-bond donors (Lipinski definition) is 1. The molecule has 0 spiro atoms. The van der Waals surface area contributed by atoms with Crippen molar-refractivity contribution in [2.45, 2.75) is 63.8 Å². The summed E-state index contributed by atoms with van der Waals surface area (Å²) in [5.41, 5.74) is -0.210. The van der Waals surface area contributed by atoms with E-state index < -0.39 is 0 Å². The molecular formula is C15H27NO2. The van der Waals surface area contributed by atoms with Crippen LogP contribution in [0.5, 0.6) is 0 Å². The predicted molar refractivity (Wildman–Crippen MR) is 72.7 cm³/mol. The summed E-state index contributed by atoms with van der Waals surface area (Å²) >= 11 is 0. The first kappa shape index (κ1) is 14.0. The van der Waals surface area contributed by atoms with E-state index in [4.69, 9.17) is 4.74 Å². The van der Waals surface area contributed by atoms with Crippen LogP contribution >= 0.6 is 0 Å². The Kier molecular flexibility index (Phi) is 5.19. The zero-order valence-corrected chi connectivity index (χ0v) is 11.7. The summed E-state index contributed by atoms with van der Waals surface area (Å²) in [6, 6.07) is 0. The van der Waals surface area contributed by atoms with Gasteiger partial charge in [-0.15, -0.1) is 0 Å². The number of ether oxygens (including phenoxy) is 1. The first-order valence-corrected chi connectivity index (χ1v) is 7.57. The zero-order valence-electron chi connectivity index (χ0n) is 11.7. The molecule has 3 nitrogen and oxygen atoms in total. The smallest absolute Gasteiger partial charge is 0.152 e. The third-order valence-corrected chi connectivity index (χ3v) is 4.59. The Morgan fingerprint density at radius 2 is 2.11 bits per heavy atom. The number of ketones is 1. The average Bonchev–Trinajstić information content (AvgIpc) is 2.84. The molecule has 0 radical (unpaired) electrons. The lowest BCUT2D eigenvalue weighted by molar-refractivity contribution is -0.124. The third kappa shape index (κ3) is 3.79. The van der Waals surface area contributed by atoms with Crippen molar-refractivity contribution in [3.63, 3.8) is 0 Å². The van der Waals surface area contributed by atoms with E-state index in [-0.39, 0.29) is 5.54 Å². The Balaban J connectivity index is 1.58. The van der Waals surface area contributed by atoms with Crippen LogP contribution in [0.2, 0.25) is 0 Å². The summed E-state index contributed by atoms with van der Waals surface area (Å²) < 4.78 is 5.36. The van der Waals surface area contributed by atoms with E-state index in [0.717, 1.165) is 51.4 Å². The van der Waals surface area contributed by atoms with Gasteiger partial charge in [-0.1, -0.05) is 12.8 Å². The summed E-state index contributed by atoms with van der Waals surface area (Å²) in [5, 5.41) is 3.36. The molecule has 0 aromatic rings. The molecule has 2 fully saturated rings. The van der Waals surface area contributed by atoms with Crippen LogP contribution in [0.3, 0.4) is 0 Å². The van der Waals surface area contributed by atoms with Crippen LogP contribution in [0, 0.1) is 5.92 Å². The van der Waals surface area contributed by atoms with Crippen molar-refractivity contribution in [1.29, 1.82) is 0 Å². The van der Waals surface area contributed by atoms with Gasteiger partial charge in [-0.2, -0.15) is 0 Å². The van der Waals surface area contributed by atoms with Gasteiger partial charge in [0.15, 0.2) is 5.78 Å². The van der Waals surface area contributed by atoms with Crippen molar-refractivity contribution >= 4 is 5.78 Å². The van der Waals surface area contributed by atoms with E-state index in [1.807, 2.05) is 0 Å². The van der Waals surface area contributed by atoms with Crippen LogP contribution in [0.1, 0.15) is 58.3 Å². The molecule has 0 aromatic carbocycles. The quantitative estimate of drug-likeness (QED) is 0.740. The molecule has 0 amide bonds. The van der Waals surface area contributed by atoms with E-state index in [0.29, 0.717) is 5.78 Å². The molecule has 2 aliphatic heterocycles. The highest BCUT2D eigenvalue weighted by atomic mass is 16.5. The second-order valence-corrected chi connectivity index (χ2v) is 6.09. The van der Waals surface area contributed by atoms with Gasteiger partial charge in [0.25, 0.3) is 0 Å². The number of carbonyl (C=O) groups excluding carboxylic acids is 1. The number of Topliss-reactive ketones (excluding diaryl/α,β-unsaturated/α-hetero) is 1. The van der Waals surface area contributed by atoms with Gasteiger partial charge in [0.05, 0.1) is 5.54 Å². The number of unbranched alkanes of at least 4 members (excludes halogenated alkanes) is 1. The molecule has 0 bridgehead atoms. The van der Waals surface area contributed by atoms with E-state index >= 15 is 0 Å². The first-order valence-electron chi connectivity index (χ1n) is 7.57. The molecule has 1 N–H and O–H groups in total. The maximum atomic E-state index is 12.1. The second kappa shape index (κ2) is 6.67. The average molecular weight is 253 g/mol. The van der Waals surface area contributed by atoms with Crippen LogP contribution in [0.4, 0.5) is 0 Å². The molecule has 2 saturated heterocycles. The van der Waals surface area contributed by atoms with Gasteiger partial charge in [-0.05, 0) is 51.5 Å². The third-order valence-electron chi connectivity index (χ3n) is 4.59. The zero-order chi connectivity index (χ0) is 12.8. The molecule has 1 unspecified atom stereocenters. The van der Waals surface area contributed by atoms with E-state index in [9.17, 15) is 4.79 Å². The van der Waals surface area contributed by atoms with Crippen molar-refractivity contribution < 1.29 is 9.53 Å². The largest absolute Gasteiger partial charge is 0.381 e. The highest BCUT2D eigenvalue weighted by Crippen LogP contribution is 2.24. The van der Waals surface area contributed by atoms with E-state index in [1.165, 1.54) is 25.7 Å². The molecular weight excluding hydrogens is 226 g/mol. The van der Waals surface area contributed by atoms with Crippen molar-refractivity contribution in [2.24, 2.45) is 5.92 Å². The number of hydrogen-bond acceptors (Lipinski definition) is 3. The van der Waals surface area contributed by atoms with Crippen molar-refractivity contribution in [2.75, 3.05) is 19.8 Å². The molecule has 0 aromatic heterocycles. The molecule has 2 heterocycles. The minimum atomic E-state index is -0.210. The fourth-order valence-corrected chi connectivity index (χ4v) is 3.16. The van der Waals surface area contributed by atoms with Crippen LogP contribution in [-0.4, -0.2) is 31.1 Å². The Labute approximate surface area is 111 Å². The van der Waals surface area contributed by atoms with Gasteiger partial charge in [0.1, 0.15) is 0 Å². The van der Waals surface area contributed by atoms with Crippen molar-refractivity contribution in [1.82, 2.24) is 5.32 Å². The van der Waals surface area contributed by atoms with Crippen LogP contribution in [0.25, 0.3) is 0 Å². The summed E-state index contributed by atoms with van der Waals surface area (Å²) in [5.74, 6) is 1.26. The maximum absolute atomic E-state index is 12.1. The number of nitrogens with one attached hydrogen (secondary N) is 1. The second-order valence-electron chi connectivity index (χ2n) is 6.09. The predicted octanol–water partition coefficient (Wildman–Crippen LogP) is 2.68. The molecule has 1 atom stereocenters. The summed E-state index contributed by atoms with van der Waals surface area (Å²) in [6.45, 7) is 4.95. The minimum absolute atomic E-state index is 0.210. The van der Waals surface area contributed by atoms with Gasteiger partial charge in [0, 0.05) is 19.6 Å². The summed E-state index contributed by atoms with van der Waals surface area (Å²) in [6.07, 6.45) is 8.89. The van der Waals surface area contributed by atoms with Crippen LogP contribution in [0.15, 0.2) is 0 Å². The molecule has 0 aliphatic carbocycles. The Bertz CT molecular complexity index is 266. The summed E-state index contributed by atoms with van der Waals surface area (Å²) in [4.78, 5) is 12.1. The Hall–Kier alpha value is -0.410. The molecule has 0 saturated carbocycles. The highest BCUT2D eigenvalue weighted by Gasteiger charge is 2.34. The normalized spacial score (nSPS) is 29.6. The lowest BCUT2D eigenvalue weighted by atomic mass is 9.89. The van der Waals surface area contributed by atoms with Gasteiger partial charge < -0.3 is 10.1 Å². The topological polar surface area (TPSA) is 38.3 Å². The SMILES string of the molecule is CC1(C(=O)CCCCC2CCOCC2)CCCN1. The monoisotopic (exact) mass is 253 g/mol. The van der Waals surface area contributed by atoms with Gasteiger partial charge >= 0.3 is 0 Å². The summed E-state index contributed by atoms with van der Waals surface area (Å²) in [7, 11) is 0. The highest BCUT2D eigenvalue weighted by molar-refractivity contribution is 5.88. The van der Waals surface area contributed by atoms with Crippen molar-refractivity contribution in [3.8, 4) is 0 Å². The maximum Gasteiger partial charge on any atom is 0.152 e. The number of rotatable bonds is 6. The van der Waals surface area contributed by atoms with Gasteiger partial charge in [0.2, 0.25) is 0 Å². The Morgan fingerprint density at radius 3 is 2.78 bits per heavy atom. The molecule has 104 valence electrons. The fraction of sp³-hybridized carbons (Fsp3) is 0.933. The van der Waals surface area contributed by atoms with Crippen LogP contribution < -0.4 is 5.32 Å². The minimum Gasteiger partial charge on any atom is -0.381 e. The van der Waals surface area contributed by atoms with Gasteiger partial charge in [-0.3, -0.25) is 4.79 Å². The van der Waals surface area contributed by atoms with Gasteiger partial charge in [-0.25, -0.2) is 0 Å². The number of carbonyl (C=O) groups is 1. The van der Waals surface area contributed by atoms with Crippen LogP contribution in [-0.2, 0) is 9.53 Å². The molecule has 2 rings (SSSR count). The Morgan fingerprint density at radius 1 is 1.33 bits per heavy atom. The molecule has 3 heteroatoms. The van der Waals surface area contributed by atoms with Crippen molar-refractivity contribution in [3.05, 3.63) is 0 Å². The lowest BCUT2D eigenvalue weighted by Crippen LogP contribution is -2.44. The fourth-order valence-electron chi connectivity index (χ4n) is 3.16. The standard InChI is InChI=1S/C15H27NO2/c1-15(9-4-10-16-15)14(17)6-3-2-5-13-7-11-18-12-8-13/h13,16H,2-12H2,1H3. The lowest BCUT2D eigenvalue weighted by Gasteiger charge is -2.23. The molecule has 18 heavy (non-hydrogen) atoms. The first-order chi connectivity index (χ1) is 8.71. The van der Waals surface area contributed by atoms with E-state index in [2.05, 4.69) is 12.2 Å². The van der Waals surface area contributed by atoms with E-state index in [1.54, 1.807) is 0 Å². The molecule has 2 aliphatic rings.